The molecular weight excluding hydrogens is 260 g/mol. The van der Waals surface area contributed by atoms with Gasteiger partial charge in [-0.1, -0.05) is 24.3 Å². The van der Waals surface area contributed by atoms with Gasteiger partial charge < -0.3 is 10.6 Å². The van der Waals surface area contributed by atoms with Crippen LogP contribution in [0.2, 0.25) is 0 Å². The minimum absolute atomic E-state index is 0.530. The quantitative estimate of drug-likeness (QED) is 0.620. The van der Waals surface area contributed by atoms with Crippen molar-refractivity contribution in [2.45, 2.75) is 46.8 Å². The Kier molecular flexibility index (Phi) is 7.23. The predicted octanol–water partition coefficient (Wildman–Crippen LogP) is 2.68. The number of hydrogen-bond acceptors (Lipinski definition) is 2. The summed E-state index contributed by atoms with van der Waals surface area (Å²) < 4.78 is 0. The van der Waals surface area contributed by atoms with E-state index in [4.69, 9.17) is 5.73 Å². The fourth-order valence-corrected chi connectivity index (χ4v) is 2.13. The molecule has 4 nitrogen and oxygen atoms in total. The molecule has 0 spiro atoms. The molecule has 0 aliphatic rings. The van der Waals surface area contributed by atoms with E-state index in [1.807, 2.05) is 0 Å². The molecule has 0 heterocycles. The van der Waals surface area contributed by atoms with Crippen molar-refractivity contribution in [1.82, 2.24) is 9.80 Å². The average molecular weight is 290 g/mol. The van der Waals surface area contributed by atoms with E-state index in [0.717, 1.165) is 19.6 Å². The number of hydrogen-bond donors (Lipinski definition) is 1. The Morgan fingerprint density at radius 1 is 1.14 bits per heavy atom. The molecule has 2 N–H and O–H groups in total. The van der Waals surface area contributed by atoms with Crippen LogP contribution in [0.5, 0.6) is 0 Å². The largest absolute Gasteiger partial charge is 0.370 e. The highest BCUT2D eigenvalue weighted by Gasteiger charge is 2.08. The van der Waals surface area contributed by atoms with Gasteiger partial charge in [0.05, 0.1) is 6.54 Å². The zero-order chi connectivity index (χ0) is 15.8. The van der Waals surface area contributed by atoms with Gasteiger partial charge >= 0.3 is 0 Å². The van der Waals surface area contributed by atoms with Gasteiger partial charge in [-0.3, -0.25) is 4.90 Å². The lowest BCUT2D eigenvalue weighted by Gasteiger charge is -2.22. The second-order valence-corrected chi connectivity index (χ2v) is 5.62. The van der Waals surface area contributed by atoms with Crippen LogP contribution in [0.15, 0.2) is 29.3 Å². The maximum absolute atomic E-state index is 6.05. The van der Waals surface area contributed by atoms with Crippen molar-refractivity contribution in [3.63, 3.8) is 0 Å². The molecule has 118 valence electrons. The normalized spacial score (nSPS) is 12.2. The third-order valence-corrected chi connectivity index (χ3v) is 3.92. The Hall–Kier alpha value is -1.55. The second-order valence-electron chi connectivity index (χ2n) is 5.62. The highest BCUT2D eigenvalue weighted by molar-refractivity contribution is 5.78. The van der Waals surface area contributed by atoms with Crippen LogP contribution >= 0.6 is 0 Å². The van der Waals surface area contributed by atoms with Crippen molar-refractivity contribution in [2.24, 2.45) is 10.7 Å². The Bertz CT molecular complexity index is 450. The zero-order valence-corrected chi connectivity index (χ0v) is 14.1. The first kappa shape index (κ1) is 17.5. The first-order chi connectivity index (χ1) is 9.99. The fraction of sp³-hybridized carbons (Fsp3) is 0.588. The van der Waals surface area contributed by atoms with Gasteiger partial charge in [0, 0.05) is 25.7 Å². The van der Waals surface area contributed by atoms with Crippen LogP contribution in [0.4, 0.5) is 0 Å². The van der Waals surface area contributed by atoms with E-state index < -0.39 is 0 Å². The molecule has 0 saturated heterocycles. The summed E-state index contributed by atoms with van der Waals surface area (Å²) in [6.07, 6.45) is 0. The molecule has 0 radical (unpaired) electrons. The molecule has 1 rings (SSSR count). The summed E-state index contributed by atoms with van der Waals surface area (Å²) in [5, 5.41) is 0. The summed E-state index contributed by atoms with van der Waals surface area (Å²) in [6.45, 7) is 12.0. The van der Waals surface area contributed by atoms with Gasteiger partial charge in [0.1, 0.15) is 0 Å². The Morgan fingerprint density at radius 3 is 2.24 bits per heavy atom. The summed E-state index contributed by atoms with van der Waals surface area (Å²) in [4.78, 5) is 8.95. The zero-order valence-electron chi connectivity index (χ0n) is 14.1. The number of guanidine groups is 1. The molecule has 0 aliphatic carbocycles. The van der Waals surface area contributed by atoms with Gasteiger partial charge in [-0.25, -0.2) is 4.99 Å². The van der Waals surface area contributed by atoms with Gasteiger partial charge in [0.2, 0.25) is 0 Å². The van der Waals surface area contributed by atoms with E-state index >= 15 is 0 Å². The maximum atomic E-state index is 6.05. The van der Waals surface area contributed by atoms with Crippen LogP contribution in [0, 0.1) is 0 Å². The highest BCUT2D eigenvalue weighted by atomic mass is 15.2. The third-order valence-electron chi connectivity index (χ3n) is 3.92. The van der Waals surface area contributed by atoms with Crippen molar-refractivity contribution in [1.29, 1.82) is 0 Å². The summed E-state index contributed by atoms with van der Waals surface area (Å²) in [5.74, 6) is 0.631. The van der Waals surface area contributed by atoms with Crippen LogP contribution in [-0.2, 0) is 13.1 Å². The number of rotatable bonds is 7. The summed E-state index contributed by atoms with van der Waals surface area (Å²) >= 11 is 0. The van der Waals surface area contributed by atoms with E-state index in [1.54, 1.807) is 0 Å². The van der Waals surface area contributed by atoms with Crippen molar-refractivity contribution < 1.29 is 0 Å². The maximum Gasteiger partial charge on any atom is 0.191 e. The molecule has 0 atom stereocenters. The summed E-state index contributed by atoms with van der Waals surface area (Å²) in [6, 6.07) is 9.00. The standard InChI is InChI=1S/C17H30N4/c1-6-21(7-2)17(18)19-12-15-10-8-9-11-16(15)13-20(5)14(3)4/h8-11,14H,6-7,12-13H2,1-5H3,(H2,18,19). The average Bonchev–Trinajstić information content (AvgIpc) is 2.47. The van der Waals surface area contributed by atoms with Crippen LogP contribution in [0.1, 0.15) is 38.8 Å². The molecule has 0 amide bonds. The van der Waals surface area contributed by atoms with Gasteiger partial charge in [-0.2, -0.15) is 0 Å². The molecule has 0 fully saturated rings. The Labute approximate surface area is 129 Å². The van der Waals surface area contributed by atoms with Crippen LogP contribution in [-0.4, -0.2) is 41.9 Å². The van der Waals surface area contributed by atoms with Gasteiger partial charge in [0.15, 0.2) is 5.96 Å². The minimum atomic E-state index is 0.530. The van der Waals surface area contributed by atoms with Crippen LogP contribution in [0.25, 0.3) is 0 Å². The molecule has 1 aromatic carbocycles. The third kappa shape index (κ3) is 5.38. The molecule has 21 heavy (non-hydrogen) atoms. The predicted molar refractivity (Wildman–Crippen MR) is 91.3 cm³/mol. The van der Waals surface area contributed by atoms with Crippen molar-refractivity contribution in [2.75, 3.05) is 20.1 Å². The van der Waals surface area contributed by atoms with E-state index in [-0.39, 0.29) is 0 Å². The molecule has 0 bridgehead atoms. The van der Waals surface area contributed by atoms with Crippen molar-refractivity contribution in [3.05, 3.63) is 35.4 Å². The molecule has 1 aromatic rings. The van der Waals surface area contributed by atoms with Crippen LogP contribution < -0.4 is 5.73 Å². The lowest BCUT2D eigenvalue weighted by atomic mass is 10.1. The van der Waals surface area contributed by atoms with Gasteiger partial charge in [-0.05, 0) is 45.9 Å². The first-order valence-corrected chi connectivity index (χ1v) is 7.81. The Balaban J connectivity index is 2.82. The lowest BCUT2D eigenvalue weighted by molar-refractivity contribution is 0.265. The molecular formula is C17H30N4. The van der Waals surface area contributed by atoms with E-state index in [2.05, 4.69) is 73.8 Å². The number of nitrogens with zero attached hydrogens (tertiary/aromatic N) is 3. The van der Waals surface area contributed by atoms with Crippen molar-refractivity contribution >= 4 is 5.96 Å². The molecule has 0 aliphatic heterocycles. The van der Waals surface area contributed by atoms with Gasteiger partial charge in [-0.15, -0.1) is 0 Å². The smallest absolute Gasteiger partial charge is 0.191 e. The molecule has 0 saturated carbocycles. The minimum Gasteiger partial charge on any atom is -0.370 e. The Morgan fingerprint density at radius 2 is 1.71 bits per heavy atom. The topological polar surface area (TPSA) is 44.9 Å². The molecule has 4 heteroatoms. The number of benzene rings is 1. The highest BCUT2D eigenvalue weighted by Crippen LogP contribution is 2.13. The fourth-order valence-electron chi connectivity index (χ4n) is 2.13. The second kappa shape index (κ2) is 8.67. The van der Waals surface area contributed by atoms with E-state index in [0.29, 0.717) is 18.5 Å². The summed E-state index contributed by atoms with van der Waals surface area (Å²) in [5.41, 5.74) is 8.63. The van der Waals surface area contributed by atoms with E-state index in [9.17, 15) is 0 Å². The molecule has 0 unspecified atom stereocenters. The monoisotopic (exact) mass is 290 g/mol. The van der Waals surface area contributed by atoms with E-state index in [1.165, 1.54) is 11.1 Å². The number of nitrogens with two attached hydrogens (primary N) is 1. The summed E-state index contributed by atoms with van der Waals surface area (Å²) in [7, 11) is 2.15. The SMILES string of the molecule is CCN(CC)C(N)=NCc1ccccc1CN(C)C(C)C. The van der Waals surface area contributed by atoms with Crippen molar-refractivity contribution in [3.8, 4) is 0 Å². The number of aliphatic imine (C=N–C) groups is 1. The molecule has 0 aromatic heterocycles. The van der Waals surface area contributed by atoms with Gasteiger partial charge in [0.25, 0.3) is 0 Å². The lowest BCUT2D eigenvalue weighted by Crippen LogP contribution is -2.37. The first-order valence-electron chi connectivity index (χ1n) is 7.81. The van der Waals surface area contributed by atoms with Crippen LogP contribution in [0.3, 0.4) is 0 Å².